The van der Waals surface area contributed by atoms with Crippen molar-refractivity contribution >= 4 is 5.91 Å². The molecule has 0 aromatic rings. The maximum Gasteiger partial charge on any atom is 0.239 e. The van der Waals surface area contributed by atoms with E-state index in [-0.39, 0.29) is 5.91 Å². The number of amides is 1. The van der Waals surface area contributed by atoms with Crippen molar-refractivity contribution in [2.45, 2.75) is 76.5 Å². The van der Waals surface area contributed by atoms with E-state index in [2.05, 4.69) is 22.6 Å². The van der Waals surface area contributed by atoms with Gasteiger partial charge in [-0.1, -0.05) is 13.3 Å². The third-order valence-electron chi connectivity index (χ3n) is 4.86. The van der Waals surface area contributed by atoms with Crippen molar-refractivity contribution in [3.8, 4) is 0 Å². The molecule has 2 heterocycles. The summed E-state index contributed by atoms with van der Waals surface area (Å²) in [6.45, 7) is 6.78. The monoisotopic (exact) mass is 267 g/mol. The van der Waals surface area contributed by atoms with Crippen LogP contribution in [0.2, 0.25) is 0 Å². The fraction of sp³-hybridized carbons (Fsp3) is 0.933. The van der Waals surface area contributed by atoms with Gasteiger partial charge in [0, 0.05) is 18.1 Å². The molecule has 0 aromatic carbocycles. The summed E-state index contributed by atoms with van der Waals surface area (Å²) in [6.07, 6.45) is 6.15. The Balaban J connectivity index is 1.92. The van der Waals surface area contributed by atoms with E-state index in [4.69, 9.17) is 0 Å². The van der Waals surface area contributed by atoms with Crippen LogP contribution in [0.4, 0.5) is 0 Å². The fourth-order valence-corrected chi connectivity index (χ4v) is 3.62. The Bertz CT molecular complexity index is 315. The molecule has 1 amide bonds. The van der Waals surface area contributed by atoms with Crippen LogP contribution in [0.1, 0.15) is 52.9 Å². The van der Waals surface area contributed by atoms with Crippen LogP contribution in [-0.2, 0) is 4.79 Å². The van der Waals surface area contributed by atoms with Gasteiger partial charge < -0.3 is 15.5 Å². The SMILES string of the molecule is CCNC(C)(C)C(=O)NC1CC2CCCC(C1)N2C. The number of carbonyl (C=O) groups excluding carboxylic acids is 1. The van der Waals surface area contributed by atoms with E-state index < -0.39 is 5.54 Å². The second kappa shape index (κ2) is 5.80. The molecule has 2 fully saturated rings. The molecule has 0 saturated carbocycles. The molecule has 2 saturated heterocycles. The van der Waals surface area contributed by atoms with Gasteiger partial charge in [0.2, 0.25) is 5.91 Å². The van der Waals surface area contributed by atoms with Gasteiger partial charge in [0.25, 0.3) is 0 Å². The van der Waals surface area contributed by atoms with Crippen LogP contribution >= 0.6 is 0 Å². The molecule has 0 radical (unpaired) electrons. The topological polar surface area (TPSA) is 44.4 Å². The summed E-state index contributed by atoms with van der Waals surface area (Å²) < 4.78 is 0. The molecule has 4 nitrogen and oxygen atoms in total. The van der Waals surface area contributed by atoms with Crippen molar-refractivity contribution in [3.63, 3.8) is 0 Å². The number of nitrogens with one attached hydrogen (secondary N) is 2. The number of likely N-dealkylation sites (N-methyl/N-ethyl adjacent to an activating group) is 1. The zero-order valence-corrected chi connectivity index (χ0v) is 12.8. The highest BCUT2D eigenvalue weighted by Crippen LogP contribution is 2.32. The van der Waals surface area contributed by atoms with E-state index in [9.17, 15) is 4.79 Å². The Morgan fingerprint density at radius 1 is 1.26 bits per heavy atom. The first kappa shape index (κ1) is 14.8. The lowest BCUT2D eigenvalue weighted by Gasteiger charge is -2.47. The van der Waals surface area contributed by atoms with Gasteiger partial charge in [-0.2, -0.15) is 0 Å². The van der Waals surface area contributed by atoms with Gasteiger partial charge in [0.15, 0.2) is 0 Å². The maximum atomic E-state index is 12.3. The minimum absolute atomic E-state index is 0.141. The van der Waals surface area contributed by atoms with Gasteiger partial charge in [0.1, 0.15) is 0 Å². The Kier molecular flexibility index (Phi) is 4.51. The van der Waals surface area contributed by atoms with Crippen LogP contribution in [0, 0.1) is 0 Å². The third-order valence-corrected chi connectivity index (χ3v) is 4.86. The molecule has 0 aromatic heterocycles. The van der Waals surface area contributed by atoms with E-state index in [0.717, 1.165) is 19.4 Å². The number of nitrogens with zero attached hydrogens (tertiary/aromatic N) is 1. The second-order valence-electron chi connectivity index (χ2n) is 6.70. The quantitative estimate of drug-likeness (QED) is 0.811. The molecule has 0 spiro atoms. The van der Waals surface area contributed by atoms with Gasteiger partial charge in [0.05, 0.1) is 5.54 Å². The summed E-state index contributed by atoms with van der Waals surface area (Å²) in [4.78, 5) is 14.9. The van der Waals surface area contributed by atoms with Crippen molar-refractivity contribution in [2.24, 2.45) is 0 Å². The average Bonchev–Trinajstić information content (AvgIpc) is 2.30. The molecule has 0 aliphatic carbocycles. The summed E-state index contributed by atoms with van der Waals surface area (Å²) in [5.74, 6) is 0.141. The van der Waals surface area contributed by atoms with Crippen molar-refractivity contribution in [2.75, 3.05) is 13.6 Å². The standard InChI is InChI=1S/C15H29N3O/c1-5-16-15(2,3)14(19)17-11-9-12-7-6-8-13(10-11)18(12)4/h11-13,16H,5-10H2,1-4H3,(H,17,19). The Morgan fingerprint density at radius 2 is 1.84 bits per heavy atom. The van der Waals surface area contributed by atoms with Crippen LogP contribution in [-0.4, -0.2) is 48.1 Å². The highest BCUT2D eigenvalue weighted by molar-refractivity contribution is 5.85. The molecule has 2 bridgehead atoms. The molecule has 2 atom stereocenters. The molecule has 19 heavy (non-hydrogen) atoms. The van der Waals surface area contributed by atoms with E-state index in [1.165, 1.54) is 19.3 Å². The molecule has 2 aliphatic heterocycles. The molecular weight excluding hydrogens is 238 g/mol. The van der Waals surface area contributed by atoms with Crippen molar-refractivity contribution in [1.29, 1.82) is 0 Å². The molecular formula is C15H29N3O. The number of carbonyl (C=O) groups is 1. The molecule has 2 rings (SSSR count). The second-order valence-corrected chi connectivity index (χ2v) is 6.70. The van der Waals surface area contributed by atoms with Crippen LogP contribution in [0.25, 0.3) is 0 Å². The van der Waals surface area contributed by atoms with Crippen LogP contribution in [0.3, 0.4) is 0 Å². The highest BCUT2D eigenvalue weighted by Gasteiger charge is 2.38. The lowest BCUT2D eigenvalue weighted by Crippen LogP contribution is -2.59. The van der Waals surface area contributed by atoms with Gasteiger partial charge in [-0.05, 0) is 53.1 Å². The van der Waals surface area contributed by atoms with Crippen LogP contribution in [0.15, 0.2) is 0 Å². The summed E-state index contributed by atoms with van der Waals surface area (Å²) in [5, 5.41) is 6.51. The van der Waals surface area contributed by atoms with Gasteiger partial charge >= 0.3 is 0 Å². The Labute approximate surface area is 117 Å². The minimum atomic E-state index is -0.465. The zero-order chi connectivity index (χ0) is 14.0. The van der Waals surface area contributed by atoms with Crippen molar-refractivity contribution in [1.82, 2.24) is 15.5 Å². The van der Waals surface area contributed by atoms with Crippen molar-refractivity contribution < 1.29 is 4.79 Å². The lowest BCUT2D eigenvalue weighted by molar-refractivity contribution is -0.128. The third kappa shape index (κ3) is 3.29. The number of hydrogen-bond donors (Lipinski definition) is 2. The van der Waals surface area contributed by atoms with E-state index in [0.29, 0.717) is 18.1 Å². The van der Waals surface area contributed by atoms with Crippen LogP contribution in [0.5, 0.6) is 0 Å². The first-order valence-electron chi connectivity index (χ1n) is 7.72. The van der Waals surface area contributed by atoms with E-state index in [1.807, 2.05) is 20.8 Å². The predicted molar refractivity (Wildman–Crippen MR) is 78.1 cm³/mol. The normalized spacial score (nSPS) is 32.1. The number of fused-ring (bicyclic) bond motifs is 2. The van der Waals surface area contributed by atoms with Crippen molar-refractivity contribution in [3.05, 3.63) is 0 Å². The molecule has 110 valence electrons. The Morgan fingerprint density at radius 3 is 2.37 bits per heavy atom. The summed E-state index contributed by atoms with van der Waals surface area (Å²) in [6, 6.07) is 1.69. The van der Waals surface area contributed by atoms with E-state index >= 15 is 0 Å². The lowest BCUT2D eigenvalue weighted by atomic mass is 9.82. The van der Waals surface area contributed by atoms with Crippen LogP contribution < -0.4 is 10.6 Å². The zero-order valence-electron chi connectivity index (χ0n) is 12.8. The first-order valence-corrected chi connectivity index (χ1v) is 7.72. The molecule has 2 unspecified atom stereocenters. The summed E-state index contributed by atoms with van der Waals surface area (Å²) in [7, 11) is 2.25. The maximum absolute atomic E-state index is 12.3. The number of piperidine rings is 2. The fourth-order valence-electron chi connectivity index (χ4n) is 3.62. The molecule has 4 heteroatoms. The highest BCUT2D eigenvalue weighted by atomic mass is 16.2. The largest absolute Gasteiger partial charge is 0.352 e. The van der Waals surface area contributed by atoms with Gasteiger partial charge in [-0.25, -0.2) is 0 Å². The molecule has 2 N–H and O–H groups in total. The minimum Gasteiger partial charge on any atom is -0.352 e. The molecule has 2 aliphatic rings. The van der Waals surface area contributed by atoms with Gasteiger partial charge in [-0.3, -0.25) is 4.79 Å². The Hall–Kier alpha value is -0.610. The van der Waals surface area contributed by atoms with E-state index in [1.54, 1.807) is 0 Å². The number of rotatable bonds is 4. The summed E-state index contributed by atoms with van der Waals surface area (Å²) >= 11 is 0. The smallest absolute Gasteiger partial charge is 0.239 e. The number of hydrogen-bond acceptors (Lipinski definition) is 3. The predicted octanol–water partition coefficient (Wildman–Crippen LogP) is 1.51. The first-order chi connectivity index (χ1) is 8.94. The average molecular weight is 267 g/mol. The van der Waals surface area contributed by atoms with Gasteiger partial charge in [-0.15, -0.1) is 0 Å². The summed E-state index contributed by atoms with van der Waals surface area (Å²) in [5.41, 5.74) is -0.465.